The van der Waals surface area contributed by atoms with E-state index in [1.807, 2.05) is 0 Å². The van der Waals surface area contributed by atoms with E-state index >= 15 is 0 Å². The van der Waals surface area contributed by atoms with Crippen molar-refractivity contribution in [1.29, 1.82) is 0 Å². The second-order valence-corrected chi connectivity index (χ2v) is 0.765. The number of primary amides is 2. The predicted octanol–water partition coefficient (Wildman–Crippen LogP) is -0.404. The molecule has 0 spiro atoms. The van der Waals surface area contributed by atoms with E-state index < -0.39 is 23.5 Å². The topological polar surface area (TPSA) is 111 Å². The highest BCUT2D eigenvalue weighted by Crippen LogP contribution is 1.72. The maximum absolute atomic E-state index is 10.3. The van der Waals surface area contributed by atoms with Gasteiger partial charge in [-0.05, 0) is 0 Å². The molecule has 0 rings (SSSR count). The Morgan fingerprint density at radius 2 is 1.62 bits per heavy atom. The summed E-state index contributed by atoms with van der Waals surface area (Å²) in [4.78, 5) is 20.5. The Labute approximate surface area is 50.4 Å². The number of carbonyl (C=O) groups excluding carboxylic acids is 2. The summed E-state index contributed by atoms with van der Waals surface area (Å²) in [5, 5.41) is 5.10. The maximum Gasteiger partial charge on any atom is 0.357 e. The van der Waals surface area contributed by atoms with Crippen LogP contribution in [0.5, 0.6) is 0 Å². The van der Waals surface area contributed by atoms with Crippen LogP contribution in [0.4, 0.5) is 9.59 Å². The van der Waals surface area contributed by atoms with Crippen LogP contribution in [0, 0.1) is 0 Å². The van der Waals surface area contributed by atoms with Crippen LogP contribution in [0.25, 0.3) is 0 Å². The van der Waals surface area contributed by atoms with E-state index in [2.05, 4.69) is 10.2 Å². The molecule has 6 heteroatoms. The third-order valence-electron chi connectivity index (χ3n) is 0.221. The van der Waals surface area contributed by atoms with Crippen LogP contribution < -0.4 is 11.4 Å². The molecule has 0 aliphatic rings. The highest BCUT2D eigenvalue weighted by molar-refractivity contribution is 5.77. The van der Waals surface area contributed by atoms with Gasteiger partial charge >= 0.3 is 12.1 Å². The molecule has 0 saturated carbocycles. The van der Waals surface area contributed by atoms with Gasteiger partial charge in [-0.15, -0.1) is 0 Å². The summed E-state index contributed by atoms with van der Waals surface area (Å²) >= 11 is 0. The zero-order valence-corrected chi connectivity index (χ0v) is 3.61. The Balaban J connectivity index is 4.08. The highest BCUT2D eigenvalue weighted by atomic mass is 16.2. The fourth-order valence-electron chi connectivity index (χ4n) is 0.0855. The molecule has 4 amide bonds. The minimum Gasteiger partial charge on any atom is -0.348 e. The number of azo groups is 1. The first-order chi connectivity index (χ1) is 5.45. The summed E-state index contributed by atoms with van der Waals surface area (Å²) in [5.41, 5.74) is -0.788. The number of amides is 4. The number of nitrogens with zero attached hydrogens (tertiary/aromatic N) is 2. The number of urea groups is 2. The third-order valence-corrected chi connectivity index (χ3v) is 0.221. The summed E-state index contributed by atoms with van der Waals surface area (Å²) in [6.07, 6.45) is 0. The molecule has 0 atom stereocenters. The molecular formula is C2H4N4O2. The molecule has 0 aliphatic carbocycles. The summed E-state index contributed by atoms with van der Waals surface area (Å²) in [6, 6.07) is -2.77. The van der Waals surface area contributed by atoms with Gasteiger partial charge < -0.3 is 11.4 Å². The smallest absolute Gasteiger partial charge is 0.348 e. The Morgan fingerprint density at radius 3 is 1.88 bits per heavy atom. The van der Waals surface area contributed by atoms with E-state index in [4.69, 9.17) is 5.65 Å². The summed E-state index contributed by atoms with van der Waals surface area (Å²) in [7, 11) is 0. The van der Waals surface area contributed by atoms with Gasteiger partial charge in [0.2, 0.25) is 0 Å². The molecule has 0 aromatic rings. The van der Waals surface area contributed by atoms with Crippen molar-refractivity contribution in [2.45, 2.75) is 0 Å². The van der Waals surface area contributed by atoms with E-state index in [-0.39, 0.29) is 0 Å². The second kappa shape index (κ2) is 2.67. The highest BCUT2D eigenvalue weighted by Gasteiger charge is 1.86. The molecular weight excluding hydrogens is 112 g/mol. The van der Waals surface area contributed by atoms with Crippen molar-refractivity contribution in [2.24, 2.45) is 21.7 Å². The lowest BCUT2D eigenvalue weighted by atomic mass is 11.1. The number of rotatable bonds is 0. The number of carbonyl (C=O) groups is 2. The largest absolute Gasteiger partial charge is 0.357 e. The molecule has 0 bridgehead atoms. The van der Waals surface area contributed by atoms with Gasteiger partial charge in [-0.3, -0.25) is 0 Å². The molecule has 0 aromatic heterocycles. The van der Waals surface area contributed by atoms with Gasteiger partial charge in [-0.2, -0.15) is 0 Å². The molecule has 0 radical (unpaired) electrons. The fraction of sp³-hybridized carbons (Fsp3) is 0. The summed E-state index contributed by atoms with van der Waals surface area (Å²) in [6.45, 7) is 0. The van der Waals surface area contributed by atoms with E-state index in [1.54, 1.807) is 0 Å². The zero-order valence-electron chi connectivity index (χ0n) is 7.61. The maximum atomic E-state index is 10.3. The molecule has 44 valence electrons. The zero-order chi connectivity index (χ0) is 9.72. The van der Waals surface area contributed by atoms with Crippen molar-refractivity contribution in [3.8, 4) is 0 Å². The van der Waals surface area contributed by atoms with Crippen LogP contribution in [0.3, 0.4) is 0 Å². The Morgan fingerprint density at radius 1 is 1.25 bits per heavy atom. The minimum absolute atomic E-state index is 0.394. The van der Waals surface area contributed by atoms with E-state index in [9.17, 15) is 9.59 Å². The van der Waals surface area contributed by atoms with Crippen molar-refractivity contribution >= 4 is 12.1 Å². The van der Waals surface area contributed by atoms with Crippen molar-refractivity contribution in [1.82, 2.24) is 0 Å². The quantitative estimate of drug-likeness (QED) is 0.428. The molecule has 0 unspecified atom stereocenters. The average molecular weight is 124 g/mol. The van der Waals surface area contributed by atoms with Crippen molar-refractivity contribution in [2.75, 3.05) is 0 Å². The van der Waals surface area contributed by atoms with Gasteiger partial charge in [0.05, 0.1) is 0 Å². The van der Waals surface area contributed by atoms with Crippen LogP contribution in [-0.4, -0.2) is 12.1 Å². The van der Waals surface area contributed by atoms with Gasteiger partial charge in [0, 0.05) is 0 Å². The molecule has 0 aliphatic heterocycles. The van der Waals surface area contributed by atoms with E-state index in [1.165, 1.54) is 0 Å². The molecule has 0 saturated heterocycles. The molecule has 0 fully saturated rings. The predicted molar refractivity (Wildman–Crippen MR) is 24.0 cm³/mol. The van der Waals surface area contributed by atoms with Crippen LogP contribution in [-0.2, 0) is 0 Å². The SMILES string of the molecule is [3H]N([3H])C(=O)N=NC(=O)N([3H])[3H]. The van der Waals surface area contributed by atoms with Crippen LogP contribution in [0.15, 0.2) is 10.2 Å². The Kier molecular flexibility index (Phi) is 0.736. The first-order valence-corrected chi connectivity index (χ1v) is 1.50. The van der Waals surface area contributed by atoms with Gasteiger partial charge in [0.1, 0.15) is 0 Å². The molecule has 6 nitrogen and oxygen atoms in total. The lowest BCUT2D eigenvalue weighted by Crippen LogP contribution is -2.07. The van der Waals surface area contributed by atoms with Crippen molar-refractivity contribution in [3.63, 3.8) is 0 Å². The molecule has 0 heterocycles. The molecule has 8 heavy (non-hydrogen) atoms. The van der Waals surface area contributed by atoms with Gasteiger partial charge in [-0.1, -0.05) is 10.2 Å². The average Bonchev–Trinajstić information content (AvgIpc) is 1.98. The monoisotopic (exact) mass is 124 g/mol. The second-order valence-electron chi connectivity index (χ2n) is 0.765. The first kappa shape index (κ1) is 2.21. The minimum atomic E-state index is -1.38. The normalized spacial score (nSPS) is 15.5. The summed E-state index contributed by atoms with van der Waals surface area (Å²) < 4.78 is 25.3. The van der Waals surface area contributed by atoms with E-state index in [0.717, 1.165) is 0 Å². The van der Waals surface area contributed by atoms with E-state index in [0.29, 0.717) is 0 Å². The Hall–Kier alpha value is -1.46. The lowest BCUT2D eigenvalue weighted by molar-refractivity contribution is 0.249. The van der Waals surface area contributed by atoms with Gasteiger partial charge in [0.15, 0.2) is 5.65 Å². The van der Waals surface area contributed by atoms with Crippen molar-refractivity contribution in [3.05, 3.63) is 0 Å². The third kappa shape index (κ3) is 4.54. The lowest BCUT2D eigenvalue weighted by Gasteiger charge is -1.74. The molecule has 0 aromatic carbocycles. The molecule has 4 N–H and O–H groups in total. The van der Waals surface area contributed by atoms with Gasteiger partial charge in [-0.25, -0.2) is 9.59 Å². The fourth-order valence-corrected chi connectivity index (χ4v) is 0.0855. The number of hydrogen-bond acceptors (Lipinski definition) is 2. The first-order valence-electron chi connectivity index (χ1n) is 3.29. The van der Waals surface area contributed by atoms with Crippen LogP contribution >= 0.6 is 0 Å². The standard InChI is InChI=1S/C2H4N4O2/c3-1(7)5-6-2(4)8/h(H2,3,7)(H2,4,8)/i/hT4. The van der Waals surface area contributed by atoms with Crippen LogP contribution in [0.1, 0.15) is 0 Å². The number of hydrogen-bond donors (Lipinski definition) is 2. The van der Waals surface area contributed by atoms with Crippen LogP contribution in [0.2, 0.25) is 5.65 Å². The van der Waals surface area contributed by atoms with Crippen molar-refractivity contribution < 1.29 is 15.2 Å². The Bertz CT molecular complexity index is 193. The number of nitrogens with two attached hydrogens (primary N) is 2. The van der Waals surface area contributed by atoms with Gasteiger partial charge in [0.25, 0.3) is 0 Å². The summed E-state index contributed by atoms with van der Waals surface area (Å²) in [5.74, 6) is 0.